The highest BCUT2D eigenvalue weighted by Crippen LogP contribution is 2.39. The molecule has 1 aliphatic heterocycles. The van der Waals surface area contributed by atoms with Gasteiger partial charge in [0.2, 0.25) is 0 Å². The third-order valence-electron chi connectivity index (χ3n) is 5.01. The summed E-state index contributed by atoms with van der Waals surface area (Å²) in [5.41, 5.74) is -3.88. The second-order valence-electron chi connectivity index (χ2n) is 7.12. The molecule has 11 heteroatoms. The fourth-order valence-corrected chi connectivity index (χ4v) is 4.38. The number of urea groups is 1. The Bertz CT molecular complexity index is 1080. The smallest absolute Gasteiger partial charge is 0.306 e. The molecule has 1 aliphatic rings. The van der Waals surface area contributed by atoms with Gasteiger partial charge in [-0.1, -0.05) is 0 Å². The Hall–Kier alpha value is -3.13. The lowest BCUT2D eigenvalue weighted by atomic mass is 10.0. The number of halogens is 5. The van der Waals surface area contributed by atoms with Crippen LogP contribution in [0.25, 0.3) is 0 Å². The van der Waals surface area contributed by atoms with Gasteiger partial charge in [-0.3, -0.25) is 4.79 Å². The van der Waals surface area contributed by atoms with Gasteiger partial charge in [0.1, 0.15) is 18.0 Å². The quantitative estimate of drug-likeness (QED) is 0.339. The van der Waals surface area contributed by atoms with Crippen molar-refractivity contribution in [2.24, 2.45) is 0 Å². The Balaban J connectivity index is 1.98. The summed E-state index contributed by atoms with van der Waals surface area (Å²) in [6.45, 7) is -0.0114. The van der Waals surface area contributed by atoms with Crippen LogP contribution < -0.4 is 4.90 Å². The second kappa shape index (κ2) is 8.78. The standard InChI is InChI=1S/C21H16F5N3O2S/c1-20(12-32-16-6-3-14(23)4-7-16)18(30)29(19(31)28(20)9-8-22)15-5-2-13(11-27)17(10-15)21(24,25)26/h2-7,10H,8-9,12H2,1H3. The number of anilines is 1. The van der Waals surface area contributed by atoms with Crippen LogP contribution in [-0.2, 0) is 11.0 Å². The SMILES string of the molecule is CC1(CSc2ccc(F)cc2)C(=O)N(c2ccc(C#N)c(C(F)(F)F)c2)C(=O)N1CCF. The largest absolute Gasteiger partial charge is 0.417 e. The number of alkyl halides is 4. The lowest BCUT2D eigenvalue weighted by Crippen LogP contribution is -2.50. The van der Waals surface area contributed by atoms with Crippen LogP contribution >= 0.6 is 11.8 Å². The molecule has 1 atom stereocenters. The minimum atomic E-state index is -4.88. The van der Waals surface area contributed by atoms with Gasteiger partial charge in [-0.2, -0.15) is 18.4 Å². The minimum absolute atomic E-state index is 0.0396. The predicted octanol–water partition coefficient (Wildman–Crippen LogP) is 5.01. The van der Waals surface area contributed by atoms with Gasteiger partial charge in [-0.15, -0.1) is 11.8 Å². The van der Waals surface area contributed by atoms with Crippen molar-refractivity contribution in [3.8, 4) is 6.07 Å². The fraction of sp³-hybridized carbons (Fsp3) is 0.286. The average Bonchev–Trinajstić information content (AvgIpc) is 2.93. The molecule has 0 radical (unpaired) electrons. The molecule has 0 spiro atoms. The van der Waals surface area contributed by atoms with Crippen LogP contribution in [0.15, 0.2) is 47.4 Å². The van der Waals surface area contributed by atoms with E-state index < -0.39 is 53.8 Å². The molecule has 1 saturated heterocycles. The number of carbonyl (C=O) groups is 2. The molecule has 2 aromatic carbocycles. The molecule has 168 valence electrons. The third kappa shape index (κ3) is 4.27. The molecule has 2 aromatic rings. The number of hydrogen-bond acceptors (Lipinski definition) is 4. The number of thioether (sulfide) groups is 1. The number of rotatable bonds is 6. The number of imide groups is 1. The first-order valence-electron chi connectivity index (χ1n) is 9.25. The summed E-state index contributed by atoms with van der Waals surface area (Å²) >= 11 is 1.12. The lowest BCUT2D eigenvalue weighted by Gasteiger charge is -2.30. The van der Waals surface area contributed by atoms with Crippen molar-refractivity contribution in [3.63, 3.8) is 0 Å². The van der Waals surface area contributed by atoms with Crippen LogP contribution in [0.4, 0.5) is 32.4 Å². The third-order valence-corrected chi connectivity index (χ3v) is 6.32. The van der Waals surface area contributed by atoms with Gasteiger partial charge in [-0.25, -0.2) is 18.5 Å². The topological polar surface area (TPSA) is 64.4 Å². The highest BCUT2D eigenvalue weighted by atomic mass is 32.2. The molecule has 1 fully saturated rings. The van der Waals surface area contributed by atoms with Crippen LogP contribution in [0.5, 0.6) is 0 Å². The number of benzene rings is 2. The van der Waals surface area contributed by atoms with E-state index in [1.165, 1.54) is 37.3 Å². The van der Waals surface area contributed by atoms with Crippen molar-refractivity contribution in [2.45, 2.75) is 23.5 Å². The van der Waals surface area contributed by atoms with Gasteiger partial charge in [0, 0.05) is 10.6 Å². The van der Waals surface area contributed by atoms with Crippen LogP contribution in [-0.4, -0.2) is 41.3 Å². The van der Waals surface area contributed by atoms with Crippen molar-refractivity contribution in [2.75, 3.05) is 23.9 Å². The summed E-state index contributed by atoms with van der Waals surface area (Å²) in [4.78, 5) is 28.3. The molecule has 0 aliphatic carbocycles. The van der Waals surface area contributed by atoms with E-state index in [4.69, 9.17) is 5.26 Å². The second-order valence-corrected chi connectivity index (χ2v) is 8.17. The van der Waals surface area contributed by atoms with Gasteiger partial charge >= 0.3 is 12.2 Å². The monoisotopic (exact) mass is 469 g/mol. The summed E-state index contributed by atoms with van der Waals surface area (Å²) in [6.07, 6.45) is -4.88. The van der Waals surface area contributed by atoms with Crippen LogP contribution in [0, 0.1) is 17.1 Å². The summed E-state index contributed by atoms with van der Waals surface area (Å²) in [5, 5.41) is 8.96. The van der Waals surface area contributed by atoms with E-state index in [2.05, 4.69) is 0 Å². The molecule has 5 nitrogen and oxygen atoms in total. The van der Waals surface area contributed by atoms with E-state index in [-0.39, 0.29) is 11.4 Å². The Morgan fingerprint density at radius 2 is 1.78 bits per heavy atom. The van der Waals surface area contributed by atoms with Gasteiger partial charge < -0.3 is 4.90 Å². The Morgan fingerprint density at radius 3 is 2.34 bits per heavy atom. The van der Waals surface area contributed by atoms with Gasteiger partial charge in [0.15, 0.2) is 0 Å². The highest BCUT2D eigenvalue weighted by molar-refractivity contribution is 7.99. The maximum atomic E-state index is 13.4. The van der Waals surface area contributed by atoms with Crippen LogP contribution in [0.2, 0.25) is 0 Å². The van der Waals surface area contributed by atoms with E-state index in [1.54, 1.807) is 0 Å². The molecular weight excluding hydrogens is 453 g/mol. The molecule has 3 amide bonds. The van der Waals surface area contributed by atoms with Crippen molar-refractivity contribution in [3.05, 3.63) is 59.4 Å². The summed E-state index contributed by atoms with van der Waals surface area (Å²) in [7, 11) is 0. The van der Waals surface area contributed by atoms with Gasteiger partial charge in [0.05, 0.1) is 29.4 Å². The molecule has 0 bridgehead atoms. The van der Waals surface area contributed by atoms with Crippen LogP contribution in [0.3, 0.4) is 0 Å². The van der Waals surface area contributed by atoms with E-state index >= 15 is 0 Å². The maximum Gasteiger partial charge on any atom is 0.417 e. The number of hydrogen-bond donors (Lipinski definition) is 0. The zero-order valence-electron chi connectivity index (χ0n) is 16.6. The average molecular weight is 469 g/mol. The Labute approximate surface area is 184 Å². The molecule has 0 saturated carbocycles. The molecule has 0 N–H and O–H groups in total. The zero-order valence-corrected chi connectivity index (χ0v) is 17.4. The van der Waals surface area contributed by atoms with Gasteiger partial charge in [0.25, 0.3) is 5.91 Å². The number of amides is 3. The molecule has 1 unspecified atom stereocenters. The van der Waals surface area contributed by atoms with E-state index in [0.717, 1.165) is 28.8 Å². The Morgan fingerprint density at radius 1 is 1.12 bits per heavy atom. The van der Waals surface area contributed by atoms with E-state index in [9.17, 15) is 31.5 Å². The number of nitrogens with zero attached hydrogens (tertiary/aromatic N) is 3. The number of nitriles is 1. The summed E-state index contributed by atoms with van der Waals surface area (Å²) < 4.78 is 66.4. The normalized spacial score (nSPS) is 18.9. The highest BCUT2D eigenvalue weighted by Gasteiger charge is 2.54. The number of carbonyl (C=O) groups excluding carboxylic acids is 2. The van der Waals surface area contributed by atoms with Crippen molar-refractivity contribution < 1.29 is 31.5 Å². The maximum absolute atomic E-state index is 13.4. The van der Waals surface area contributed by atoms with Crippen molar-refractivity contribution in [1.29, 1.82) is 5.26 Å². The fourth-order valence-electron chi connectivity index (χ4n) is 3.33. The van der Waals surface area contributed by atoms with Gasteiger partial charge in [-0.05, 0) is 49.4 Å². The molecule has 3 rings (SSSR count). The van der Waals surface area contributed by atoms with Crippen LogP contribution in [0.1, 0.15) is 18.1 Å². The summed E-state index contributed by atoms with van der Waals surface area (Å²) in [6, 6.07) is 8.34. The minimum Gasteiger partial charge on any atom is -0.306 e. The lowest BCUT2D eigenvalue weighted by molar-refractivity contribution is -0.137. The first kappa shape index (κ1) is 23.5. The molecule has 0 aromatic heterocycles. The first-order chi connectivity index (χ1) is 15.0. The molecular formula is C21H16F5N3O2S. The zero-order chi connectivity index (χ0) is 23.7. The summed E-state index contributed by atoms with van der Waals surface area (Å²) in [5.74, 6) is -1.33. The van der Waals surface area contributed by atoms with E-state index in [1.807, 2.05) is 0 Å². The van der Waals surface area contributed by atoms with E-state index in [0.29, 0.717) is 15.9 Å². The predicted molar refractivity (Wildman–Crippen MR) is 107 cm³/mol. The van der Waals surface area contributed by atoms with Crippen molar-refractivity contribution >= 4 is 29.4 Å². The van der Waals surface area contributed by atoms with Crippen molar-refractivity contribution in [1.82, 2.24) is 4.90 Å². The molecule has 32 heavy (non-hydrogen) atoms. The first-order valence-corrected chi connectivity index (χ1v) is 10.2. The molecule has 1 heterocycles. The Kier molecular flexibility index (Phi) is 6.46.